The van der Waals surface area contributed by atoms with Crippen LogP contribution in [0.25, 0.3) is 17.4 Å². The highest BCUT2D eigenvalue weighted by Gasteiger charge is 2.37. The molecule has 3 heterocycles. The second-order valence-corrected chi connectivity index (χ2v) is 8.85. The largest absolute Gasteiger partial charge is 0.457 e. The fourth-order valence-corrected chi connectivity index (χ4v) is 4.50. The number of carbonyl (C=O) groups is 3. The van der Waals surface area contributed by atoms with E-state index >= 15 is 0 Å². The molecule has 0 atom stereocenters. The first-order valence-electron chi connectivity index (χ1n) is 9.51. The van der Waals surface area contributed by atoms with Gasteiger partial charge < -0.3 is 9.32 Å². The van der Waals surface area contributed by atoms with E-state index in [0.717, 1.165) is 41.5 Å². The number of thioether (sulfide) groups is 1. The lowest BCUT2D eigenvalue weighted by molar-refractivity contribution is -0.136. The van der Waals surface area contributed by atoms with Gasteiger partial charge in [-0.3, -0.25) is 19.3 Å². The quantitative estimate of drug-likeness (QED) is 0.573. The summed E-state index contributed by atoms with van der Waals surface area (Å²) in [5.74, 6) is 0.296. The minimum absolute atomic E-state index is 0.196. The molecule has 2 saturated heterocycles. The van der Waals surface area contributed by atoms with Crippen LogP contribution < -0.4 is 0 Å². The maximum absolute atomic E-state index is 12.7. The van der Waals surface area contributed by atoms with Crippen molar-refractivity contribution in [3.05, 3.63) is 51.0 Å². The first-order chi connectivity index (χ1) is 14.4. The minimum atomic E-state index is -0.483. The van der Waals surface area contributed by atoms with Gasteiger partial charge in [-0.2, -0.15) is 0 Å². The van der Waals surface area contributed by atoms with Crippen LogP contribution in [0.3, 0.4) is 0 Å². The van der Waals surface area contributed by atoms with Crippen molar-refractivity contribution in [3.8, 4) is 11.3 Å². The van der Waals surface area contributed by atoms with Crippen molar-refractivity contribution in [2.75, 3.05) is 19.6 Å². The first kappa shape index (κ1) is 21.0. The van der Waals surface area contributed by atoms with Crippen molar-refractivity contribution in [1.29, 1.82) is 0 Å². The second-order valence-electron chi connectivity index (χ2n) is 7.04. The third-order valence-corrected chi connectivity index (χ3v) is 6.63. The molecule has 30 heavy (non-hydrogen) atoms. The van der Waals surface area contributed by atoms with Gasteiger partial charge in [-0.15, -0.1) is 0 Å². The van der Waals surface area contributed by atoms with E-state index in [2.05, 4.69) is 0 Å². The summed E-state index contributed by atoms with van der Waals surface area (Å²) in [5, 5.41) is 0.402. The van der Waals surface area contributed by atoms with E-state index in [1.807, 2.05) is 0 Å². The molecule has 0 radical (unpaired) electrons. The summed E-state index contributed by atoms with van der Waals surface area (Å²) in [5.41, 5.74) is 0.740. The van der Waals surface area contributed by atoms with Crippen molar-refractivity contribution in [2.45, 2.75) is 19.3 Å². The Morgan fingerprint density at radius 2 is 1.83 bits per heavy atom. The Balaban J connectivity index is 1.47. The Morgan fingerprint density at radius 3 is 2.57 bits per heavy atom. The highest BCUT2D eigenvalue weighted by Crippen LogP contribution is 2.34. The molecule has 0 unspecified atom stereocenters. The SMILES string of the molecule is O=C(CN1C(=O)S/C(=C/c2ccc(-c3ccc(Cl)c(Cl)c3)o2)C1=O)N1CCCCC1. The van der Waals surface area contributed by atoms with Crippen molar-refractivity contribution in [1.82, 2.24) is 9.80 Å². The van der Waals surface area contributed by atoms with Gasteiger partial charge in [-0.25, -0.2) is 0 Å². The van der Waals surface area contributed by atoms with Crippen molar-refractivity contribution in [2.24, 2.45) is 0 Å². The van der Waals surface area contributed by atoms with Crippen molar-refractivity contribution >= 4 is 58.1 Å². The zero-order valence-electron chi connectivity index (χ0n) is 15.9. The molecule has 4 rings (SSSR count). The number of hydrogen-bond acceptors (Lipinski definition) is 5. The van der Waals surface area contributed by atoms with Crippen LogP contribution in [0.2, 0.25) is 10.0 Å². The number of halogens is 2. The summed E-state index contributed by atoms with van der Waals surface area (Å²) in [6.45, 7) is 1.12. The summed E-state index contributed by atoms with van der Waals surface area (Å²) in [7, 11) is 0. The molecule has 0 aliphatic carbocycles. The monoisotopic (exact) mass is 464 g/mol. The number of furan rings is 1. The van der Waals surface area contributed by atoms with E-state index in [-0.39, 0.29) is 17.4 Å². The Kier molecular flexibility index (Phi) is 6.22. The highest BCUT2D eigenvalue weighted by molar-refractivity contribution is 8.18. The summed E-state index contributed by atoms with van der Waals surface area (Å²) in [6, 6.07) is 8.58. The highest BCUT2D eigenvalue weighted by atomic mass is 35.5. The number of amides is 3. The van der Waals surface area contributed by atoms with E-state index < -0.39 is 11.1 Å². The molecule has 0 N–H and O–H groups in total. The van der Waals surface area contributed by atoms with Crippen LogP contribution in [0.1, 0.15) is 25.0 Å². The van der Waals surface area contributed by atoms with Gasteiger partial charge in [0.15, 0.2) is 0 Å². The second kappa shape index (κ2) is 8.88. The molecule has 2 aromatic rings. The smallest absolute Gasteiger partial charge is 0.294 e. The van der Waals surface area contributed by atoms with Crippen LogP contribution in [0.5, 0.6) is 0 Å². The summed E-state index contributed by atoms with van der Waals surface area (Å²) < 4.78 is 5.77. The number of carbonyl (C=O) groups excluding carboxylic acids is 3. The molecule has 2 fully saturated rings. The molecule has 2 aliphatic rings. The summed E-state index contributed by atoms with van der Waals surface area (Å²) in [6.07, 6.45) is 4.51. The molecular weight excluding hydrogens is 447 g/mol. The van der Waals surface area contributed by atoms with Gasteiger partial charge in [-0.1, -0.05) is 23.2 Å². The van der Waals surface area contributed by atoms with Crippen LogP contribution in [0.15, 0.2) is 39.7 Å². The Morgan fingerprint density at radius 1 is 1.07 bits per heavy atom. The van der Waals surface area contributed by atoms with Gasteiger partial charge in [0, 0.05) is 24.7 Å². The van der Waals surface area contributed by atoms with Gasteiger partial charge in [0.1, 0.15) is 18.1 Å². The average Bonchev–Trinajstić information content (AvgIpc) is 3.31. The molecule has 2 aliphatic heterocycles. The number of piperidine rings is 1. The molecule has 1 aromatic carbocycles. The van der Waals surface area contributed by atoms with E-state index in [9.17, 15) is 14.4 Å². The average molecular weight is 465 g/mol. The Labute approximate surface area is 187 Å². The van der Waals surface area contributed by atoms with Gasteiger partial charge in [0.25, 0.3) is 11.1 Å². The lowest BCUT2D eigenvalue weighted by Crippen LogP contribution is -2.44. The molecule has 6 nitrogen and oxygen atoms in total. The Bertz CT molecular complexity index is 1040. The van der Waals surface area contributed by atoms with Crippen LogP contribution in [-0.4, -0.2) is 46.5 Å². The van der Waals surface area contributed by atoms with Crippen LogP contribution >= 0.6 is 35.0 Å². The third kappa shape index (κ3) is 4.43. The van der Waals surface area contributed by atoms with Crippen molar-refractivity contribution < 1.29 is 18.8 Å². The van der Waals surface area contributed by atoms with Gasteiger partial charge in [0.05, 0.1) is 15.0 Å². The first-order valence-corrected chi connectivity index (χ1v) is 11.1. The van der Waals surface area contributed by atoms with Gasteiger partial charge >= 0.3 is 0 Å². The molecular formula is C21H18Cl2N2O4S. The van der Waals surface area contributed by atoms with E-state index in [0.29, 0.717) is 34.7 Å². The molecule has 3 amide bonds. The minimum Gasteiger partial charge on any atom is -0.457 e. The van der Waals surface area contributed by atoms with Crippen LogP contribution in [0.4, 0.5) is 4.79 Å². The fraction of sp³-hybridized carbons (Fsp3) is 0.286. The topological polar surface area (TPSA) is 70.8 Å². The van der Waals surface area contributed by atoms with E-state index in [1.165, 1.54) is 6.08 Å². The zero-order valence-corrected chi connectivity index (χ0v) is 18.2. The Hall–Kier alpha value is -2.22. The molecule has 156 valence electrons. The summed E-state index contributed by atoms with van der Waals surface area (Å²) in [4.78, 5) is 40.3. The van der Waals surface area contributed by atoms with Gasteiger partial charge in [-0.05, 0) is 61.4 Å². The zero-order chi connectivity index (χ0) is 21.3. The number of rotatable bonds is 4. The molecule has 0 bridgehead atoms. The maximum atomic E-state index is 12.7. The van der Waals surface area contributed by atoms with Crippen molar-refractivity contribution in [3.63, 3.8) is 0 Å². The van der Waals surface area contributed by atoms with Crippen LogP contribution in [0, 0.1) is 0 Å². The molecule has 0 saturated carbocycles. The lowest BCUT2D eigenvalue weighted by atomic mass is 10.1. The van der Waals surface area contributed by atoms with E-state index in [4.69, 9.17) is 27.6 Å². The number of benzene rings is 1. The normalized spacial score (nSPS) is 18.5. The standard InChI is InChI=1S/C21H18Cl2N2O4S/c22-15-6-4-13(10-16(15)23)17-7-5-14(29-17)11-18-20(27)25(21(28)30-18)12-19(26)24-8-2-1-3-9-24/h4-7,10-11H,1-3,8-9,12H2/b18-11+. The number of nitrogens with zero attached hydrogens (tertiary/aromatic N) is 2. The molecule has 9 heteroatoms. The predicted molar refractivity (Wildman–Crippen MR) is 117 cm³/mol. The fourth-order valence-electron chi connectivity index (χ4n) is 3.38. The predicted octanol–water partition coefficient (Wildman–Crippen LogP) is 5.30. The number of likely N-dealkylation sites (tertiary alicyclic amines) is 1. The molecule has 1 aromatic heterocycles. The van der Waals surface area contributed by atoms with Crippen LogP contribution in [-0.2, 0) is 9.59 Å². The number of hydrogen-bond donors (Lipinski definition) is 0. The lowest BCUT2D eigenvalue weighted by Gasteiger charge is -2.27. The number of imide groups is 1. The third-order valence-electron chi connectivity index (χ3n) is 4.98. The van der Waals surface area contributed by atoms with Gasteiger partial charge in [0.2, 0.25) is 5.91 Å². The summed E-state index contributed by atoms with van der Waals surface area (Å²) >= 11 is 12.8. The van der Waals surface area contributed by atoms with E-state index in [1.54, 1.807) is 35.2 Å². The molecule has 0 spiro atoms. The maximum Gasteiger partial charge on any atom is 0.294 e.